The lowest BCUT2D eigenvalue weighted by atomic mass is 9.99. The highest BCUT2D eigenvalue weighted by Crippen LogP contribution is 2.45. The van der Waals surface area contributed by atoms with Gasteiger partial charge in [-0.1, -0.05) is 133 Å². The molecule has 0 N–H and O–H groups in total. The van der Waals surface area contributed by atoms with Crippen molar-refractivity contribution in [2.45, 2.75) is 0 Å². The number of nitrogens with zero attached hydrogens (tertiary/aromatic N) is 3. The molecule has 0 saturated heterocycles. The summed E-state index contributed by atoms with van der Waals surface area (Å²) in [6.45, 7) is 0. The summed E-state index contributed by atoms with van der Waals surface area (Å²) in [6, 6.07) is 69.4. The molecule has 3 heteroatoms. The van der Waals surface area contributed by atoms with Crippen molar-refractivity contribution < 1.29 is 0 Å². The molecule has 0 fully saturated rings. The molecular formula is C52H31N3. The number of hydrogen-bond acceptors (Lipinski definition) is 0. The van der Waals surface area contributed by atoms with Crippen LogP contribution in [0.3, 0.4) is 0 Å². The largest absolute Gasteiger partial charge is 0.309 e. The van der Waals surface area contributed by atoms with E-state index in [-0.39, 0.29) is 0 Å². The number of benzene rings is 9. The maximum absolute atomic E-state index is 2.49. The first-order chi connectivity index (χ1) is 27.3. The quantitative estimate of drug-likeness (QED) is 0.175. The summed E-state index contributed by atoms with van der Waals surface area (Å²) >= 11 is 0. The Hall–Kier alpha value is -7.36. The molecule has 0 radical (unpaired) electrons. The number of aromatic nitrogens is 3. The molecule has 55 heavy (non-hydrogen) atoms. The van der Waals surface area contributed by atoms with Crippen LogP contribution in [0.2, 0.25) is 0 Å². The lowest BCUT2D eigenvalue weighted by Gasteiger charge is -2.12. The molecule has 13 rings (SSSR count). The van der Waals surface area contributed by atoms with Crippen LogP contribution in [0.25, 0.3) is 115 Å². The summed E-state index contributed by atoms with van der Waals surface area (Å²) in [5.74, 6) is 0. The number of rotatable bonds is 3. The predicted octanol–water partition coefficient (Wildman–Crippen LogP) is 13.9. The van der Waals surface area contributed by atoms with Gasteiger partial charge in [0.1, 0.15) is 0 Å². The van der Waals surface area contributed by atoms with Crippen molar-refractivity contribution >= 4 is 92.5 Å². The van der Waals surface area contributed by atoms with Crippen molar-refractivity contribution in [2.75, 3.05) is 0 Å². The van der Waals surface area contributed by atoms with E-state index in [0.717, 1.165) is 5.69 Å². The normalized spacial score (nSPS) is 12.4. The fourth-order valence-corrected chi connectivity index (χ4v) is 9.87. The van der Waals surface area contributed by atoms with Gasteiger partial charge in [-0.05, 0) is 71.1 Å². The highest BCUT2D eigenvalue weighted by atomic mass is 15.0. The van der Waals surface area contributed by atoms with Gasteiger partial charge in [0, 0.05) is 59.9 Å². The van der Waals surface area contributed by atoms with Gasteiger partial charge in [-0.25, -0.2) is 0 Å². The minimum atomic E-state index is 1.16. The smallest absolute Gasteiger partial charge is 0.0620 e. The highest BCUT2D eigenvalue weighted by molar-refractivity contribution is 6.31. The zero-order valence-corrected chi connectivity index (χ0v) is 29.7. The summed E-state index contributed by atoms with van der Waals surface area (Å²) in [5.41, 5.74) is 13.4. The minimum absolute atomic E-state index is 1.16. The van der Waals surface area contributed by atoms with Crippen LogP contribution in [0.1, 0.15) is 0 Å². The Kier molecular flexibility index (Phi) is 5.63. The zero-order chi connectivity index (χ0) is 35.8. The number of para-hydroxylation sites is 5. The van der Waals surface area contributed by atoms with Gasteiger partial charge in [0.25, 0.3) is 0 Å². The van der Waals surface area contributed by atoms with Crippen molar-refractivity contribution in [1.82, 2.24) is 13.5 Å². The third kappa shape index (κ3) is 3.79. The fourth-order valence-electron chi connectivity index (χ4n) is 9.87. The topological polar surface area (TPSA) is 14.3 Å². The van der Waals surface area contributed by atoms with E-state index in [4.69, 9.17) is 0 Å². The molecule has 0 bridgehead atoms. The standard InChI is InChI=1S/C52H31N3/c1-3-12-34(13-4-1)53-45-20-9-7-16-36(45)38-24-22-32(30-48(38)53)33-23-25-39-42-27-26-40-43(51(42)54(49(39)31-33)35-14-5-2-6-15-35)28-29-47-50(40)44-19-11-18-41-37-17-8-10-21-46(37)55(47)52(41)44/h1-31H. The van der Waals surface area contributed by atoms with Crippen molar-refractivity contribution in [3.8, 4) is 22.5 Å². The summed E-state index contributed by atoms with van der Waals surface area (Å²) in [5, 5.41) is 12.8. The second-order valence-electron chi connectivity index (χ2n) is 14.9. The second kappa shape index (κ2) is 10.6. The molecule has 0 unspecified atom stereocenters. The molecule has 9 aromatic carbocycles. The lowest BCUT2D eigenvalue weighted by molar-refractivity contribution is 1.18. The molecule has 13 aromatic rings. The van der Waals surface area contributed by atoms with Crippen molar-refractivity contribution in [1.29, 1.82) is 0 Å². The molecule has 4 aromatic heterocycles. The zero-order valence-electron chi connectivity index (χ0n) is 29.7. The van der Waals surface area contributed by atoms with Crippen LogP contribution >= 0.6 is 0 Å². The Morgan fingerprint density at radius 2 is 0.727 bits per heavy atom. The first-order valence-electron chi connectivity index (χ1n) is 19.0. The molecule has 0 aliphatic carbocycles. The van der Waals surface area contributed by atoms with Gasteiger partial charge in [-0.2, -0.15) is 0 Å². The van der Waals surface area contributed by atoms with E-state index in [1.165, 1.54) is 109 Å². The van der Waals surface area contributed by atoms with E-state index in [2.05, 4.69) is 202 Å². The number of hydrogen-bond donors (Lipinski definition) is 0. The predicted molar refractivity (Wildman–Crippen MR) is 233 cm³/mol. The van der Waals surface area contributed by atoms with E-state index < -0.39 is 0 Å². The number of fused-ring (bicyclic) bond motifs is 15. The maximum atomic E-state index is 2.49. The van der Waals surface area contributed by atoms with Crippen molar-refractivity contribution in [3.63, 3.8) is 0 Å². The van der Waals surface area contributed by atoms with Gasteiger partial charge in [0.05, 0.1) is 38.6 Å². The first kappa shape index (κ1) is 29.1. The molecule has 0 aliphatic rings. The monoisotopic (exact) mass is 697 g/mol. The lowest BCUT2D eigenvalue weighted by Crippen LogP contribution is -1.95. The maximum Gasteiger partial charge on any atom is 0.0620 e. The van der Waals surface area contributed by atoms with Crippen LogP contribution < -0.4 is 0 Å². The van der Waals surface area contributed by atoms with Crippen LogP contribution in [0.5, 0.6) is 0 Å². The minimum Gasteiger partial charge on any atom is -0.309 e. The van der Waals surface area contributed by atoms with E-state index in [9.17, 15) is 0 Å². The van der Waals surface area contributed by atoms with Gasteiger partial charge < -0.3 is 13.5 Å². The van der Waals surface area contributed by atoms with E-state index in [1.807, 2.05) is 0 Å². The van der Waals surface area contributed by atoms with Gasteiger partial charge in [0.2, 0.25) is 0 Å². The Morgan fingerprint density at radius 1 is 0.255 bits per heavy atom. The van der Waals surface area contributed by atoms with Crippen molar-refractivity contribution in [3.05, 3.63) is 188 Å². The molecule has 0 saturated carbocycles. The van der Waals surface area contributed by atoms with Crippen LogP contribution in [-0.2, 0) is 0 Å². The average molecular weight is 698 g/mol. The van der Waals surface area contributed by atoms with Gasteiger partial charge in [-0.15, -0.1) is 0 Å². The van der Waals surface area contributed by atoms with Gasteiger partial charge >= 0.3 is 0 Å². The Labute approximate surface area is 315 Å². The SMILES string of the molecule is c1ccc(-n2c3ccccc3c3ccc(-c4ccc5c6ccc7c(ccc8c7c7cccc9c%10ccccc%10n8c97)c6n(-c6ccccc6)c5c4)cc32)cc1. The summed E-state index contributed by atoms with van der Waals surface area (Å²) in [6.07, 6.45) is 0. The molecule has 0 spiro atoms. The Bertz CT molecular complexity index is 3690. The van der Waals surface area contributed by atoms with Crippen LogP contribution in [-0.4, -0.2) is 13.5 Å². The second-order valence-corrected chi connectivity index (χ2v) is 14.9. The third-order valence-corrected chi connectivity index (χ3v) is 12.1. The summed E-state index contributed by atoms with van der Waals surface area (Å²) < 4.78 is 7.37. The van der Waals surface area contributed by atoms with Gasteiger partial charge in [-0.3, -0.25) is 0 Å². The average Bonchev–Trinajstić information content (AvgIpc) is 3.98. The molecule has 0 amide bonds. The van der Waals surface area contributed by atoms with Crippen LogP contribution in [0.4, 0.5) is 0 Å². The van der Waals surface area contributed by atoms with Crippen molar-refractivity contribution in [2.24, 2.45) is 0 Å². The molecule has 0 atom stereocenters. The third-order valence-electron chi connectivity index (χ3n) is 12.1. The van der Waals surface area contributed by atoms with E-state index >= 15 is 0 Å². The fraction of sp³-hybridized carbons (Fsp3) is 0. The highest BCUT2D eigenvalue weighted by Gasteiger charge is 2.22. The van der Waals surface area contributed by atoms with Crippen LogP contribution in [0, 0.1) is 0 Å². The van der Waals surface area contributed by atoms with Gasteiger partial charge in [0.15, 0.2) is 0 Å². The molecule has 0 aliphatic heterocycles. The summed E-state index contributed by atoms with van der Waals surface area (Å²) in [7, 11) is 0. The molecule has 3 nitrogen and oxygen atoms in total. The first-order valence-corrected chi connectivity index (χ1v) is 19.0. The molecular weight excluding hydrogens is 667 g/mol. The Balaban J connectivity index is 1.10. The Morgan fingerprint density at radius 3 is 1.47 bits per heavy atom. The summed E-state index contributed by atoms with van der Waals surface area (Å²) in [4.78, 5) is 0. The van der Waals surface area contributed by atoms with E-state index in [1.54, 1.807) is 0 Å². The molecule has 4 heterocycles. The van der Waals surface area contributed by atoms with Crippen LogP contribution in [0.15, 0.2) is 188 Å². The van der Waals surface area contributed by atoms with E-state index in [0.29, 0.717) is 0 Å². The molecule has 254 valence electrons.